The largest absolute Gasteiger partial charge is 0.348 e. The number of benzene rings is 2. The van der Waals surface area contributed by atoms with Gasteiger partial charge >= 0.3 is 0 Å². The zero-order chi connectivity index (χ0) is 18.4. The number of sulfonamides is 1. The van der Waals surface area contributed by atoms with E-state index in [0.29, 0.717) is 5.69 Å². The summed E-state index contributed by atoms with van der Waals surface area (Å²) >= 11 is 2.15. The topological polar surface area (TPSA) is 66.5 Å². The van der Waals surface area contributed by atoms with Crippen LogP contribution in [-0.4, -0.2) is 27.1 Å². The second-order valence-electron chi connectivity index (χ2n) is 5.69. The first-order valence-electron chi connectivity index (χ1n) is 7.89. The Morgan fingerprint density at radius 3 is 2.24 bits per heavy atom. The van der Waals surface area contributed by atoms with Crippen LogP contribution in [0.4, 0.5) is 5.69 Å². The van der Waals surface area contributed by atoms with Crippen molar-refractivity contribution in [1.29, 1.82) is 0 Å². The molecular formula is C18H21IN2O3S. The average Bonchev–Trinajstić information content (AvgIpc) is 2.58. The summed E-state index contributed by atoms with van der Waals surface area (Å²) in [5, 5.41) is 2.92. The van der Waals surface area contributed by atoms with Crippen LogP contribution in [0.25, 0.3) is 0 Å². The second-order valence-corrected chi connectivity index (χ2v) is 8.84. The lowest BCUT2D eigenvalue weighted by Crippen LogP contribution is -2.41. The van der Waals surface area contributed by atoms with Gasteiger partial charge in [-0.3, -0.25) is 9.10 Å². The van der Waals surface area contributed by atoms with Crippen molar-refractivity contribution in [2.75, 3.05) is 17.1 Å². The first kappa shape index (κ1) is 19.7. The Morgan fingerprint density at radius 2 is 1.72 bits per heavy atom. The van der Waals surface area contributed by atoms with Gasteiger partial charge < -0.3 is 5.32 Å². The molecule has 2 aromatic carbocycles. The fourth-order valence-corrected chi connectivity index (χ4v) is 3.70. The predicted molar refractivity (Wildman–Crippen MR) is 109 cm³/mol. The molecule has 0 radical (unpaired) electrons. The van der Waals surface area contributed by atoms with E-state index in [0.717, 1.165) is 26.1 Å². The lowest BCUT2D eigenvalue weighted by atomic mass is 10.0. The van der Waals surface area contributed by atoms with Gasteiger partial charge in [-0.2, -0.15) is 0 Å². The van der Waals surface area contributed by atoms with E-state index >= 15 is 0 Å². The molecule has 0 fully saturated rings. The first-order chi connectivity index (χ1) is 11.8. The maximum Gasteiger partial charge on any atom is 0.241 e. The molecule has 0 spiro atoms. The molecule has 0 saturated carbocycles. The highest BCUT2D eigenvalue weighted by Crippen LogP contribution is 2.20. The Balaban J connectivity index is 2.15. The van der Waals surface area contributed by atoms with Crippen molar-refractivity contribution in [3.63, 3.8) is 0 Å². The second kappa shape index (κ2) is 8.66. The van der Waals surface area contributed by atoms with E-state index in [1.165, 1.54) is 0 Å². The van der Waals surface area contributed by atoms with Gasteiger partial charge in [0.15, 0.2) is 0 Å². The molecule has 0 saturated heterocycles. The van der Waals surface area contributed by atoms with Crippen LogP contribution in [0.5, 0.6) is 0 Å². The van der Waals surface area contributed by atoms with Gasteiger partial charge in [-0.15, -0.1) is 0 Å². The van der Waals surface area contributed by atoms with Gasteiger partial charge in [0.05, 0.1) is 18.0 Å². The smallest absolute Gasteiger partial charge is 0.241 e. The number of carbonyl (C=O) groups excluding carboxylic acids is 1. The number of halogens is 1. The summed E-state index contributed by atoms with van der Waals surface area (Å²) in [4.78, 5) is 12.5. The van der Waals surface area contributed by atoms with Gasteiger partial charge in [-0.1, -0.05) is 37.3 Å². The van der Waals surface area contributed by atoms with Gasteiger partial charge in [0.25, 0.3) is 0 Å². The van der Waals surface area contributed by atoms with Crippen LogP contribution in [0.1, 0.15) is 24.9 Å². The first-order valence-corrected chi connectivity index (χ1v) is 10.8. The van der Waals surface area contributed by atoms with Crippen molar-refractivity contribution in [2.24, 2.45) is 0 Å². The number of nitrogens with zero attached hydrogens (tertiary/aromatic N) is 1. The van der Waals surface area contributed by atoms with E-state index in [1.807, 2.05) is 49.4 Å². The van der Waals surface area contributed by atoms with E-state index in [1.54, 1.807) is 12.1 Å². The molecule has 0 aliphatic heterocycles. The minimum absolute atomic E-state index is 0.146. The third kappa shape index (κ3) is 5.71. The highest BCUT2D eigenvalue weighted by molar-refractivity contribution is 14.1. The quantitative estimate of drug-likeness (QED) is 0.629. The fourth-order valence-electron chi connectivity index (χ4n) is 2.48. The molecule has 25 heavy (non-hydrogen) atoms. The Kier molecular flexibility index (Phi) is 6.83. The molecular weight excluding hydrogens is 451 g/mol. The van der Waals surface area contributed by atoms with Crippen molar-refractivity contribution < 1.29 is 13.2 Å². The molecule has 0 heterocycles. The minimum Gasteiger partial charge on any atom is -0.348 e. The summed E-state index contributed by atoms with van der Waals surface area (Å²) < 4.78 is 26.4. The van der Waals surface area contributed by atoms with Crippen molar-refractivity contribution in [2.45, 2.75) is 19.4 Å². The third-order valence-corrected chi connectivity index (χ3v) is 5.61. The van der Waals surface area contributed by atoms with Crippen molar-refractivity contribution in [3.05, 3.63) is 63.7 Å². The summed E-state index contributed by atoms with van der Waals surface area (Å²) in [5.41, 5.74) is 1.48. The Labute approximate surface area is 162 Å². The van der Waals surface area contributed by atoms with Crippen molar-refractivity contribution in [3.8, 4) is 0 Å². The van der Waals surface area contributed by atoms with Crippen LogP contribution in [0, 0.1) is 3.57 Å². The van der Waals surface area contributed by atoms with Gasteiger partial charge in [-0.25, -0.2) is 8.42 Å². The maximum atomic E-state index is 12.5. The molecule has 0 bridgehead atoms. The van der Waals surface area contributed by atoms with E-state index in [2.05, 4.69) is 27.9 Å². The highest BCUT2D eigenvalue weighted by Gasteiger charge is 2.22. The van der Waals surface area contributed by atoms with E-state index in [-0.39, 0.29) is 18.5 Å². The van der Waals surface area contributed by atoms with Crippen LogP contribution in [0.15, 0.2) is 54.6 Å². The average molecular weight is 472 g/mol. The van der Waals surface area contributed by atoms with Crippen LogP contribution in [0.3, 0.4) is 0 Å². The number of hydrogen-bond acceptors (Lipinski definition) is 3. The van der Waals surface area contributed by atoms with E-state index in [9.17, 15) is 13.2 Å². The molecule has 7 heteroatoms. The Bertz CT molecular complexity index is 808. The lowest BCUT2D eigenvalue weighted by Gasteiger charge is -2.24. The number of anilines is 1. The normalized spacial score (nSPS) is 12.4. The molecule has 1 N–H and O–H groups in total. The zero-order valence-corrected chi connectivity index (χ0v) is 17.1. The van der Waals surface area contributed by atoms with Crippen LogP contribution in [0.2, 0.25) is 0 Å². The molecule has 0 aliphatic rings. The molecule has 1 atom stereocenters. The SMILES string of the molecule is CCC(NC(=O)CN(c1ccc(I)cc1)S(C)(=O)=O)c1ccccc1. The van der Waals surface area contributed by atoms with Crippen molar-refractivity contribution in [1.82, 2.24) is 5.32 Å². The van der Waals surface area contributed by atoms with Crippen LogP contribution >= 0.6 is 22.6 Å². The predicted octanol–water partition coefficient (Wildman–Crippen LogP) is 3.32. The molecule has 0 aliphatic carbocycles. The number of nitrogens with one attached hydrogen (secondary N) is 1. The summed E-state index contributed by atoms with van der Waals surface area (Å²) in [6.07, 6.45) is 1.82. The van der Waals surface area contributed by atoms with E-state index in [4.69, 9.17) is 0 Å². The minimum atomic E-state index is -3.56. The monoisotopic (exact) mass is 472 g/mol. The highest BCUT2D eigenvalue weighted by atomic mass is 127. The summed E-state index contributed by atoms with van der Waals surface area (Å²) in [5.74, 6) is -0.334. The van der Waals surface area contributed by atoms with Gasteiger partial charge in [-0.05, 0) is 58.8 Å². The maximum absolute atomic E-state index is 12.5. The number of amides is 1. The number of hydrogen-bond donors (Lipinski definition) is 1. The summed E-state index contributed by atoms with van der Waals surface area (Å²) in [7, 11) is -3.56. The van der Waals surface area contributed by atoms with Gasteiger partial charge in [0, 0.05) is 3.57 Å². The summed E-state index contributed by atoms with van der Waals surface area (Å²) in [6.45, 7) is 1.73. The molecule has 134 valence electrons. The molecule has 1 unspecified atom stereocenters. The Hall–Kier alpha value is -1.61. The third-order valence-electron chi connectivity index (χ3n) is 3.75. The molecule has 0 aromatic heterocycles. The standard InChI is InChI=1S/C18H21IN2O3S/c1-3-17(14-7-5-4-6-8-14)20-18(22)13-21(25(2,23)24)16-11-9-15(19)10-12-16/h4-12,17H,3,13H2,1-2H3,(H,20,22). The van der Waals surface area contributed by atoms with Gasteiger partial charge in [0.2, 0.25) is 15.9 Å². The number of carbonyl (C=O) groups is 1. The fraction of sp³-hybridized carbons (Fsp3) is 0.278. The summed E-state index contributed by atoms with van der Waals surface area (Å²) in [6, 6.07) is 16.5. The van der Waals surface area contributed by atoms with Crippen LogP contribution < -0.4 is 9.62 Å². The molecule has 2 aromatic rings. The molecule has 1 amide bonds. The Morgan fingerprint density at radius 1 is 1.12 bits per heavy atom. The van der Waals surface area contributed by atoms with Crippen LogP contribution in [-0.2, 0) is 14.8 Å². The van der Waals surface area contributed by atoms with Crippen molar-refractivity contribution >= 4 is 44.2 Å². The molecule has 2 rings (SSSR count). The van der Waals surface area contributed by atoms with E-state index < -0.39 is 10.0 Å². The van der Waals surface area contributed by atoms with Gasteiger partial charge in [0.1, 0.15) is 6.54 Å². The molecule has 5 nitrogen and oxygen atoms in total. The number of rotatable bonds is 7. The zero-order valence-electron chi connectivity index (χ0n) is 14.1. The lowest BCUT2D eigenvalue weighted by molar-refractivity contribution is -0.120.